The molecule has 1 aromatic rings. The molecule has 0 aliphatic heterocycles. The molecule has 0 saturated carbocycles. The van der Waals surface area contributed by atoms with Crippen LogP contribution in [0.5, 0.6) is 0 Å². The van der Waals surface area contributed by atoms with Crippen molar-refractivity contribution in [1.29, 1.82) is 0 Å². The zero-order valence-electron chi connectivity index (χ0n) is 5.41. The molecule has 0 spiro atoms. The van der Waals surface area contributed by atoms with Gasteiger partial charge in [-0.3, -0.25) is 0 Å². The normalized spacial score (nSPS) is 9.64. The van der Waals surface area contributed by atoms with Gasteiger partial charge in [-0.05, 0) is 18.2 Å². The molecule has 0 amide bonds. The van der Waals surface area contributed by atoms with Crippen molar-refractivity contribution in [2.75, 3.05) is 0 Å². The van der Waals surface area contributed by atoms with Crippen LogP contribution in [0.25, 0.3) is 0 Å². The van der Waals surface area contributed by atoms with Crippen LogP contribution in [0.4, 0.5) is 0 Å². The van der Waals surface area contributed by atoms with Gasteiger partial charge < -0.3 is 5.11 Å². The van der Waals surface area contributed by atoms with Crippen LogP contribution in [-0.2, 0) is 0 Å². The van der Waals surface area contributed by atoms with Crippen molar-refractivity contribution in [2.24, 2.45) is 0 Å². The van der Waals surface area contributed by atoms with Crippen LogP contribution in [0.15, 0.2) is 23.1 Å². The number of halogens is 1. The lowest BCUT2D eigenvalue weighted by atomic mass is 10.2. The van der Waals surface area contributed by atoms with E-state index >= 15 is 0 Å². The number of carbonyl (C=O) groups is 1. The molecule has 2 nitrogen and oxygen atoms in total. The Balaban J connectivity index is 3.15. The maximum absolute atomic E-state index is 10.4. The highest BCUT2D eigenvalue weighted by atomic mass is 35.5. The van der Waals surface area contributed by atoms with Gasteiger partial charge in [-0.2, -0.15) is 0 Å². The molecule has 0 aliphatic rings. The fraction of sp³-hybridized carbons (Fsp3) is 0. The number of rotatable bonds is 1. The van der Waals surface area contributed by atoms with Crippen LogP contribution in [0.3, 0.4) is 0 Å². The molecule has 0 bridgehead atoms. The summed E-state index contributed by atoms with van der Waals surface area (Å²) in [5, 5.41) is 8.98. The quantitative estimate of drug-likeness (QED) is 0.664. The second-order valence-corrected chi connectivity index (χ2v) is 2.86. The van der Waals surface area contributed by atoms with Crippen LogP contribution < -0.4 is 0 Å². The third kappa shape index (κ3) is 1.88. The lowest BCUT2D eigenvalue weighted by Gasteiger charge is -1.97. The lowest BCUT2D eigenvalue weighted by molar-refractivity contribution is 0.0696. The third-order valence-corrected chi connectivity index (χ3v) is 2.02. The molecular formula is C7H5ClO2S. The van der Waals surface area contributed by atoms with Gasteiger partial charge >= 0.3 is 5.97 Å². The predicted octanol–water partition coefficient (Wildman–Crippen LogP) is 2.33. The Hall–Kier alpha value is -0.670. The summed E-state index contributed by atoms with van der Waals surface area (Å²) in [6.07, 6.45) is 0. The molecular weight excluding hydrogens is 184 g/mol. The van der Waals surface area contributed by atoms with E-state index in [2.05, 4.69) is 12.6 Å². The first-order chi connectivity index (χ1) is 5.11. The summed E-state index contributed by atoms with van der Waals surface area (Å²) in [6, 6.07) is 4.35. The number of carboxylic acids is 1. The summed E-state index contributed by atoms with van der Waals surface area (Å²) in [7, 11) is 0. The van der Waals surface area contributed by atoms with E-state index < -0.39 is 5.97 Å². The van der Waals surface area contributed by atoms with E-state index in [0.717, 1.165) is 0 Å². The van der Waals surface area contributed by atoms with Gasteiger partial charge in [0.2, 0.25) is 0 Å². The molecule has 0 unspecified atom stereocenters. The molecule has 0 heterocycles. The highest BCUT2D eigenvalue weighted by Gasteiger charge is 2.03. The summed E-state index contributed by atoms with van der Waals surface area (Å²) in [4.78, 5) is 10.9. The topological polar surface area (TPSA) is 37.3 Å². The minimum absolute atomic E-state index is 0.194. The average Bonchev–Trinajstić information content (AvgIpc) is 1.94. The first-order valence-electron chi connectivity index (χ1n) is 2.83. The largest absolute Gasteiger partial charge is 0.478 e. The Labute approximate surface area is 74.2 Å². The number of carboxylic acid groups (broad SMARTS) is 1. The van der Waals surface area contributed by atoms with E-state index in [1.807, 2.05) is 0 Å². The van der Waals surface area contributed by atoms with Crippen molar-refractivity contribution in [2.45, 2.75) is 4.90 Å². The maximum Gasteiger partial charge on any atom is 0.335 e. The fourth-order valence-electron chi connectivity index (χ4n) is 0.646. The number of thiol groups is 1. The summed E-state index contributed by atoms with van der Waals surface area (Å²) >= 11 is 9.58. The third-order valence-electron chi connectivity index (χ3n) is 1.19. The number of hydrogen-bond donors (Lipinski definition) is 2. The lowest BCUT2D eigenvalue weighted by Crippen LogP contribution is -1.95. The van der Waals surface area contributed by atoms with Crippen LogP contribution in [0.1, 0.15) is 10.4 Å². The van der Waals surface area contributed by atoms with Crippen LogP contribution >= 0.6 is 24.2 Å². The van der Waals surface area contributed by atoms with Gasteiger partial charge in [0.1, 0.15) is 0 Å². The second-order valence-electron chi connectivity index (χ2n) is 1.97. The summed E-state index contributed by atoms with van der Waals surface area (Å²) in [5.74, 6) is -0.975. The standard InChI is InChI=1S/C7H5ClO2S/c8-5-2-1-4(7(9)10)3-6(5)11/h1-3,11H,(H,9,10). The molecule has 1 aromatic carbocycles. The first kappa shape index (κ1) is 8.43. The first-order valence-corrected chi connectivity index (χ1v) is 3.65. The predicted molar refractivity (Wildman–Crippen MR) is 45.7 cm³/mol. The SMILES string of the molecule is O=C(O)c1ccc(Cl)c(S)c1. The summed E-state index contributed by atoms with van der Waals surface area (Å²) < 4.78 is 0. The van der Waals surface area contributed by atoms with Crippen molar-refractivity contribution in [1.82, 2.24) is 0 Å². The molecule has 0 saturated heterocycles. The number of benzene rings is 1. The molecule has 11 heavy (non-hydrogen) atoms. The van der Waals surface area contributed by atoms with Gasteiger partial charge in [-0.15, -0.1) is 12.6 Å². The smallest absolute Gasteiger partial charge is 0.335 e. The van der Waals surface area contributed by atoms with Gasteiger partial charge in [0.15, 0.2) is 0 Å². The molecule has 0 atom stereocenters. The van der Waals surface area contributed by atoms with E-state index in [4.69, 9.17) is 16.7 Å². The highest BCUT2D eigenvalue weighted by molar-refractivity contribution is 7.80. The van der Waals surface area contributed by atoms with E-state index in [1.165, 1.54) is 18.2 Å². The van der Waals surface area contributed by atoms with E-state index in [1.54, 1.807) is 0 Å². The summed E-state index contributed by atoms with van der Waals surface area (Å²) in [6.45, 7) is 0. The van der Waals surface area contributed by atoms with Crippen molar-refractivity contribution >= 4 is 30.2 Å². The fourth-order valence-corrected chi connectivity index (χ4v) is 0.977. The minimum Gasteiger partial charge on any atom is -0.478 e. The van der Waals surface area contributed by atoms with Crippen LogP contribution in [0, 0.1) is 0 Å². The molecule has 1 rings (SSSR count). The van der Waals surface area contributed by atoms with E-state index in [-0.39, 0.29) is 5.56 Å². The van der Waals surface area contributed by atoms with E-state index in [9.17, 15) is 4.79 Å². The van der Waals surface area contributed by atoms with Gasteiger partial charge in [0, 0.05) is 4.90 Å². The molecule has 0 aromatic heterocycles. The van der Waals surface area contributed by atoms with Crippen molar-refractivity contribution in [3.8, 4) is 0 Å². The van der Waals surface area contributed by atoms with Gasteiger partial charge in [0.25, 0.3) is 0 Å². The number of hydrogen-bond acceptors (Lipinski definition) is 2. The van der Waals surface area contributed by atoms with Crippen molar-refractivity contribution in [3.05, 3.63) is 28.8 Å². The molecule has 0 aliphatic carbocycles. The maximum atomic E-state index is 10.4. The van der Waals surface area contributed by atoms with Crippen molar-refractivity contribution < 1.29 is 9.90 Å². The summed E-state index contributed by atoms with van der Waals surface area (Å²) in [5.41, 5.74) is 0.194. The second kappa shape index (κ2) is 3.15. The average molecular weight is 189 g/mol. The number of aromatic carboxylic acids is 1. The Morgan fingerprint density at radius 3 is 2.64 bits per heavy atom. The zero-order valence-corrected chi connectivity index (χ0v) is 7.06. The molecule has 1 N–H and O–H groups in total. The molecule has 4 heteroatoms. The molecule has 58 valence electrons. The van der Waals surface area contributed by atoms with Crippen LogP contribution in [0.2, 0.25) is 5.02 Å². The zero-order chi connectivity index (χ0) is 8.43. The van der Waals surface area contributed by atoms with Gasteiger partial charge in [-0.25, -0.2) is 4.79 Å². The Bertz CT molecular complexity index is 298. The van der Waals surface area contributed by atoms with Crippen LogP contribution in [-0.4, -0.2) is 11.1 Å². The van der Waals surface area contributed by atoms with Gasteiger partial charge in [0.05, 0.1) is 10.6 Å². The Kier molecular flexibility index (Phi) is 2.42. The Morgan fingerprint density at radius 1 is 1.55 bits per heavy atom. The van der Waals surface area contributed by atoms with Gasteiger partial charge in [-0.1, -0.05) is 11.6 Å². The van der Waals surface area contributed by atoms with Crippen molar-refractivity contribution in [3.63, 3.8) is 0 Å². The molecule has 0 radical (unpaired) electrons. The Morgan fingerprint density at radius 2 is 2.18 bits per heavy atom. The molecule has 0 fully saturated rings. The monoisotopic (exact) mass is 188 g/mol. The van der Waals surface area contributed by atoms with E-state index in [0.29, 0.717) is 9.92 Å². The minimum atomic E-state index is -0.975. The highest BCUT2D eigenvalue weighted by Crippen LogP contribution is 2.20.